The molecule has 0 aliphatic rings. The van der Waals surface area contributed by atoms with Gasteiger partial charge in [-0.2, -0.15) is 0 Å². The lowest BCUT2D eigenvalue weighted by molar-refractivity contribution is 0.306. The Morgan fingerprint density at radius 3 is 2.79 bits per heavy atom. The Hall–Kier alpha value is -3.44. The quantitative estimate of drug-likeness (QED) is 0.452. The van der Waals surface area contributed by atoms with E-state index in [0.29, 0.717) is 16.1 Å². The SMILES string of the molecule is Cc1cccc(COc2cccc(/C=c3/sc4nc5ccccc5n4c3=O)c2)c1. The molecule has 0 fully saturated rings. The summed E-state index contributed by atoms with van der Waals surface area (Å²) in [6, 6.07) is 23.8. The van der Waals surface area contributed by atoms with Crippen LogP contribution in [0.1, 0.15) is 16.7 Å². The fraction of sp³-hybridized carbons (Fsp3) is 0.0833. The summed E-state index contributed by atoms with van der Waals surface area (Å²) in [5, 5.41) is 0. The fourth-order valence-corrected chi connectivity index (χ4v) is 4.41. The van der Waals surface area contributed by atoms with Crippen LogP contribution in [0.15, 0.2) is 77.6 Å². The van der Waals surface area contributed by atoms with Gasteiger partial charge in [-0.1, -0.05) is 65.4 Å². The molecule has 0 radical (unpaired) electrons. The number of thiazole rings is 1. The van der Waals surface area contributed by atoms with E-state index in [4.69, 9.17) is 4.74 Å². The number of ether oxygens (including phenoxy) is 1. The number of nitrogens with zero attached hydrogens (tertiary/aromatic N) is 2. The molecule has 2 heterocycles. The number of rotatable bonds is 4. The molecule has 5 rings (SSSR count). The third-order valence-corrected chi connectivity index (χ3v) is 5.76. The maximum Gasteiger partial charge on any atom is 0.274 e. The van der Waals surface area contributed by atoms with Crippen LogP contribution in [0.2, 0.25) is 0 Å². The molecule has 0 amide bonds. The van der Waals surface area contributed by atoms with Crippen LogP contribution in [0, 0.1) is 6.92 Å². The summed E-state index contributed by atoms with van der Waals surface area (Å²) in [6.07, 6.45) is 1.90. The van der Waals surface area contributed by atoms with Crippen LogP contribution < -0.4 is 14.8 Å². The average molecular weight is 398 g/mol. The maximum atomic E-state index is 12.9. The highest BCUT2D eigenvalue weighted by molar-refractivity contribution is 7.15. The zero-order valence-electron chi connectivity index (χ0n) is 15.8. The molecule has 142 valence electrons. The molecule has 0 unspecified atom stereocenters. The number of imidazole rings is 1. The van der Waals surface area contributed by atoms with E-state index in [0.717, 1.165) is 27.9 Å². The summed E-state index contributed by atoms with van der Waals surface area (Å²) in [7, 11) is 0. The second kappa shape index (κ2) is 7.18. The van der Waals surface area contributed by atoms with E-state index >= 15 is 0 Å². The smallest absolute Gasteiger partial charge is 0.274 e. The Morgan fingerprint density at radius 2 is 1.90 bits per heavy atom. The van der Waals surface area contributed by atoms with Gasteiger partial charge in [0.15, 0.2) is 4.96 Å². The van der Waals surface area contributed by atoms with E-state index < -0.39 is 0 Å². The van der Waals surface area contributed by atoms with Crippen LogP contribution in [0.25, 0.3) is 22.1 Å². The largest absolute Gasteiger partial charge is 0.489 e. The van der Waals surface area contributed by atoms with Crippen LogP contribution in [0.4, 0.5) is 0 Å². The second-order valence-electron chi connectivity index (χ2n) is 6.98. The molecule has 0 aliphatic heterocycles. The van der Waals surface area contributed by atoms with Crippen molar-refractivity contribution in [1.29, 1.82) is 0 Å². The molecule has 0 N–H and O–H groups in total. The number of benzene rings is 3. The third kappa shape index (κ3) is 3.41. The van der Waals surface area contributed by atoms with Crippen molar-refractivity contribution in [3.05, 3.63) is 104 Å². The van der Waals surface area contributed by atoms with Crippen LogP contribution >= 0.6 is 11.3 Å². The van der Waals surface area contributed by atoms with E-state index in [1.165, 1.54) is 16.9 Å². The van der Waals surface area contributed by atoms with E-state index in [1.54, 1.807) is 4.40 Å². The summed E-state index contributed by atoms with van der Waals surface area (Å²) in [5.74, 6) is 0.777. The monoisotopic (exact) mass is 398 g/mol. The Labute approximate surface area is 171 Å². The lowest BCUT2D eigenvalue weighted by atomic mass is 10.1. The maximum absolute atomic E-state index is 12.9. The van der Waals surface area contributed by atoms with Crippen molar-refractivity contribution in [3.63, 3.8) is 0 Å². The number of fused-ring (bicyclic) bond motifs is 3. The summed E-state index contributed by atoms with van der Waals surface area (Å²) in [4.78, 5) is 18.2. The molecule has 5 heteroatoms. The first-order chi connectivity index (χ1) is 14.2. The molecule has 0 bridgehead atoms. The molecule has 29 heavy (non-hydrogen) atoms. The van der Waals surface area contributed by atoms with Gasteiger partial charge in [-0.25, -0.2) is 9.38 Å². The second-order valence-corrected chi connectivity index (χ2v) is 7.99. The molecule has 5 aromatic rings. The first kappa shape index (κ1) is 17.6. The molecule has 2 aromatic heterocycles. The summed E-state index contributed by atoms with van der Waals surface area (Å²) in [6.45, 7) is 2.58. The number of hydrogen-bond donors (Lipinski definition) is 0. The number of hydrogen-bond acceptors (Lipinski definition) is 4. The van der Waals surface area contributed by atoms with E-state index in [-0.39, 0.29) is 5.56 Å². The fourth-order valence-electron chi connectivity index (χ4n) is 3.43. The minimum atomic E-state index is -0.0372. The molecule has 0 saturated heterocycles. The van der Waals surface area contributed by atoms with Gasteiger partial charge in [-0.15, -0.1) is 0 Å². The van der Waals surface area contributed by atoms with E-state index in [1.807, 2.05) is 60.7 Å². The summed E-state index contributed by atoms with van der Waals surface area (Å²) >= 11 is 1.41. The topological polar surface area (TPSA) is 43.6 Å². The zero-order chi connectivity index (χ0) is 19.8. The van der Waals surface area contributed by atoms with Gasteiger partial charge in [0.1, 0.15) is 12.4 Å². The van der Waals surface area contributed by atoms with Gasteiger partial charge >= 0.3 is 0 Å². The van der Waals surface area contributed by atoms with Gasteiger partial charge in [0.2, 0.25) is 0 Å². The van der Waals surface area contributed by atoms with Crippen LogP contribution in [-0.2, 0) is 6.61 Å². The lowest BCUT2D eigenvalue weighted by Crippen LogP contribution is -2.22. The first-order valence-electron chi connectivity index (χ1n) is 9.37. The third-order valence-electron chi connectivity index (χ3n) is 4.79. The predicted molar refractivity (Wildman–Crippen MR) is 118 cm³/mol. The van der Waals surface area contributed by atoms with Crippen molar-refractivity contribution in [3.8, 4) is 5.75 Å². The Kier molecular flexibility index (Phi) is 4.37. The highest BCUT2D eigenvalue weighted by Gasteiger charge is 2.10. The van der Waals surface area contributed by atoms with Crippen molar-refractivity contribution >= 4 is 33.4 Å². The van der Waals surface area contributed by atoms with Gasteiger partial charge in [-0.3, -0.25) is 4.79 Å². The van der Waals surface area contributed by atoms with Crippen LogP contribution in [0.3, 0.4) is 0 Å². The molecular formula is C24H18N2O2S. The molecule has 0 atom stereocenters. The zero-order valence-corrected chi connectivity index (χ0v) is 16.6. The lowest BCUT2D eigenvalue weighted by Gasteiger charge is -2.07. The van der Waals surface area contributed by atoms with Gasteiger partial charge < -0.3 is 4.74 Å². The van der Waals surface area contributed by atoms with Gasteiger partial charge in [0, 0.05) is 0 Å². The van der Waals surface area contributed by atoms with Gasteiger partial charge in [0.25, 0.3) is 5.56 Å². The first-order valence-corrected chi connectivity index (χ1v) is 10.2. The van der Waals surface area contributed by atoms with E-state index in [9.17, 15) is 4.79 Å². The Morgan fingerprint density at radius 1 is 1.03 bits per heavy atom. The molecule has 4 nitrogen and oxygen atoms in total. The molecular weight excluding hydrogens is 380 g/mol. The minimum Gasteiger partial charge on any atom is -0.489 e. The Balaban J connectivity index is 1.47. The van der Waals surface area contributed by atoms with Crippen molar-refractivity contribution in [2.75, 3.05) is 0 Å². The standard InChI is InChI=1S/C24H18N2O2S/c1-16-6-4-8-18(12-16)15-28-19-9-5-7-17(13-19)14-22-23(27)26-21-11-3-2-10-20(21)25-24(26)29-22/h2-14H,15H2,1H3/b22-14+. The van der Waals surface area contributed by atoms with Crippen molar-refractivity contribution in [1.82, 2.24) is 9.38 Å². The molecule has 0 aliphatic carbocycles. The predicted octanol–water partition coefficient (Wildman–Crippen LogP) is 4.34. The summed E-state index contributed by atoms with van der Waals surface area (Å²) in [5.41, 5.74) is 4.92. The van der Waals surface area contributed by atoms with Gasteiger partial charge in [-0.05, 0) is 48.4 Å². The van der Waals surface area contributed by atoms with Crippen LogP contribution in [-0.4, -0.2) is 9.38 Å². The minimum absolute atomic E-state index is 0.0372. The highest BCUT2D eigenvalue weighted by atomic mass is 32.1. The number of aromatic nitrogens is 2. The Bertz CT molecular complexity index is 1450. The molecule has 0 saturated carbocycles. The summed E-state index contributed by atoms with van der Waals surface area (Å²) < 4.78 is 8.29. The van der Waals surface area contributed by atoms with Crippen molar-refractivity contribution in [2.45, 2.75) is 13.5 Å². The van der Waals surface area contributed by atoms with Crippen molar-refractivity contribution in [2.24, 2.45) is 0 Å². The average Bonchev–Trinajstić information content (AvgIpc) is 3.23. The molecule has 0 spiro atoms. The van der Waals surface area contributed by atoms with Crippen LogP contribution in [0.5, 0.6) is 5.75 Å². The van der Waals surface area contributed by atoms with Crippen molar-refractivity contribution < 1.29 is 4.74 Å². The normalized spacial score (nSPS) is 12.1. The van der Waals surface area contributed by atoms with E-state index in [2.05, 4.69) is 30.1 Å². The number of aryl methyl sites for hydroxylation is 1. The highest BCUT2D eigenvalue weighted by Crippen LogP contribution is 2.18. The van der Waals surface area contributed by atoms with Gasteiger partial charge in [0.05, 0.1) is 15.6 Å². The number of para-hydroxylation sites is 2. The molecule has 3 aromatic carbocycles.